The molecule has 0 aliphatic carbocycles. The number of nitrogens with zero attached hydrogens (tertiary/aromatic N) is 1. The van der Waals surface area contributed by atoms with E-state index in [2.05, 4.69) is 20.9 Å². The van der Waals surface area contributed by atoms with E-state index in [0.29, 0.717) is 35.7 Å². The minimum absolute atomic E-state index is 0.171. The predicted octanol–water partition coefficient (Wildman–Crippen LogP) is 3.47. The second-order valence-corrected chi connectivity index (χ2v) is 6.86. The van der Waals surface area contributed by atoms with Crippen molar-refractivity contribution >= 4 is 27.8 Å². The molecule has 1 aromatic heterocycles. The number of halogens is 1. The third kappa shape index (κ3) is 4.53. The summed E-state index contributed by atoms with van der Waals surface area (Å²) in [5, 5.41) is 0. The summed E-state index contributed by atoms with van der Waals surface area (Å²) in [4.78, 5) is 29.8. The molecule has 2 rings (SSSR count). The van der Waals surface area contributed by atoms with Crippen LogP contribution in [0.1, 0.15) is 37.7 Å². The van der Waals surface area contributed by atoms with Crippen LogP contribution in [0.3, 0.4) is 0 Å². The highest BCUT2D eigenvalue weighted by atomic mass is 79.9. The van der Waals surface area contributed by atoms with Crippen molar-refractivity contribution in [1.29, 1.82) is 0 Å². The summed E-state index contributed by atoms with van der Waals surface area (Å²) in [6.07, 6.45) is 0. The van der Waals surface area contributed by atoms with E-state index in [0.717, 1.165) is 10.0 Å². The molecule has 0 bridgehead atoms. The van der Waals surface area contributed by atoms with E-state index in [1.807, 2.05) is 24.3 Å². The molecule has 0 aliphatic rings. The van der Waals surface area contributed by atoms with Gasteiger partial charge in [0.1, 0.15) is 12.3 Å². The van der Waals surface area contributed by atoms with Gasteiger partial charge in [0.25, 0.3) is 5.91 Å². The Morgan fingerprint density at radius 3 is 2.54 bits per heavy atom. The van der Waals surface area contributed by atoms with Crippen LogP contribution in [-0.4, -0.2) is 49.1 Å². The fourth-order valence-corrected chi connectivity index (χ4v) is 3.11. The number of amides is 1. The average Bonchev–Trinajstić information content (AvgIpc) is 2.90. The molecule has 26 heavy (non-hydrogen) atoms. The molecule has 0 spiro atoms. The molecule has 0 saturated heterocycles. The number of hydrogen-bond acceptors (Lipinski definition) is 4. The Balaban J connectivity index is 2.18. The maximum atomic E-state index is 12.8. The normalized spacial score (nSPS) is 10.7. The molecule has 1 N–H and O–H groups in total. The van der Waals surface area contributed by atoms with E-state index in [1.165, 1.54) is 0 Å². The molecule has 1 amide bonds. The monoisotopic (exact) mass is 422 g/mol. The van der Waals surface area contributed by atoms with Crippen molar-refractivity contribution < 1.29 is 19.1 Å². The number of H-pyrrole nitrogens is 1. The van der Waals surface area contributed by atoms with Crippen LogP contribution in [0.25, 0.3) is 0 Å². The molecule has 0 atom stereocenters. The Morgan fingerprint density at radius 2 is 1.88 bits per heavy atom. The molecule has 0 saturated carbocycles. The first kappa shape index (κ1) is 20.2. The number of carbonyl (C=O) groups is 2. The van der Waals surface area contributed by atoms with Gasteiger partial charge in [0.15, 0.2) is 0 Å². The molecule has 0 radical (unpaired) electrons. The molecular weight excluding hydrogens is 400 g/mol. The van der Waals surface area contributed by atoms with Gasteiger partial charge < -0.3 is 19.4 Å². The van der Waals surface area contributed by atoms with Crippen molar-refractivity contribution in [3.63, 3.8) is 0 Å². The lowest BCUT2D eigenvalue weighted by atomic mass is 10.1. The highest BCUT2D eigenvalue weighted by Gasteiger charge is 2.25. The van der Waals surface area contributed by atoms with Gasteiger partial charge in [-0.2, -0.15) is 0 Å². The Kier molecular flexibility index (Phi) is 6.99. The first-order valence-corrected chi connectivity index (χ1v) is 9.00. The van der Waals surface area contributed by atoms with Gasteiger partial charge in [-0.25, -0.2) is 4.79 Å². The standard InChI is InChI=1S/C19H23BrN2O4/c1-12-16(19(24)26-10-9-25-4)13(2)21-17(12)18(23)22(3)11-14-7-5-6-8-15(14)20/h5-8,21H,9-11H2,1-4H3. The third-order valence-electron chi connectivity index (χ3n) is 4.09. The van der Waals surface area contributed by atoms with E-state index in [-0.39, 0.29) is 12.5 Å². The van der Waals surface area contributed by atoms with Crippen LogP contribution in [0.15, 0.2) is 28.7 Å². The lowest BCUT2D eigenvalue weighted by molar-refractivity contribution is 0.0387. The van der Waals surface area contributed by atoms with Gasteiger partial charge >= 0.3 is 5.97 Å². The first-order chi connectivity index (χ1) is 12.4. The number of hydrogen-bond donors (Lipinski definition) is 1. The van der Waals surface area contributed by atoms with Crippen LogP contribution in [0, 0.1) is 13.8 Å². The van der Waals surface area contributed by atoms with Gasteiger partial charge in [0, 0.05) is 30.9 Å². The zero-order chi connectivity index (χ0) is 19.3. The van der Waals surface area contributed by atoms with Gasteiger partial charge in [-0.15, -0.1) is 0 Å². The number of benzene rings is 1. The Hall–Kier alpha value is -2.12. The van der Waals surface area contributed by atoms with Crippen LogP contribution >= 0.6 is 15.9 Å². The molecular formula is C19H23BrN2O4. The maximum absolute atomic E-state index is 12.8. The SMILES string of the molecule is COCCOC(=O)c1c(C)[nH]c(C(=O)N(C)Cc2ccccc2Br)c1C. The largest absolute Gasteiger partial charge is 0.460 e. The Bertz CT molecular complexity index is 801. The summed E-state index contributed by atoms with van der Waals surface area (Å²) in [6.45, 7) is 4.45. The van der Waals surface area contributed by atoms with E-state index < -0.39 is 5.97 Å². The van der Waals surface area contributed by atoms with Gasteiger partial charge in [0.05, 0.1) is 12.2 Å². The lowest BCUT2D eigenvalue weighted by Gasteiger charge is -2.18. The number of aromatic amines is 1. The topological polar surface area (TPSA) is 71.6 Å². The number of nitrogens with one attached hydrogen (secondary N) is 1. The highest BCUT2D eigenvalue weighted by molar-refractivity contribution is 9.10. The van der Waals surface area contributed by atoms with Gasteiger partial charge in [-0.05, 0) is 31.0 Å². The molecule has 2 aromatic rings. The van der Waals surface area contributed by atoms with Gasteiger partial charge in [-0.1, -0.05) is 34.1 Å². The summed E-state index contributed by atoms with van der Waals surface area (Å²) in [5.74, 6) is -0.641. The van der Waals surface area contributed by atoms with E-state index in [9.17, 15) is 9.59 Å². The third-order valence-corrected chi connectivity index (χ3v) is 4.86. The van der Waals surface area contributed by atoms with E-state index >= 15 is 0 Å². The van der Waals surface area contributed by atoms with Gasteiger partial charge in [0.2, 0.25) is 0 Å². The van der Waals surface area contributed by atoms with Crippen molar-refractivity contribution in [1.82, 2.24) is 9.88 Å². The van der Waals surface area contributed by atoms with Crippen molar-refractivity contribution in [3.8, 4) is 0 Å². The van der Waals surface area contributed by atoms with Crippen LogP contribution in [0.5, 0.6) is 0 Å². The second-order valence-electron chi connectivity index (χ2n) is 6.01. The Morgan fingerprint density at radius 1 is 1.19 bits per heavy atom. The zero-order valence-electron chi connectivity index (χ0n) is 15.4. The molecule has 0 unspecified atom stereocenters. The molecule has 0 aliphatic heterocycles. The number of aryl methyl sites for hydroxylation is 1. The first-order valence-electron chi connectivity index (χ1n) is 8.20. The fraction of sp³-hybridized carbons (Fsp3) is 0.368. The van der Waals surface area contributed by atoms with Crippen molar-refractivity contribution in [2.24, 2.45) is 0 Å². The fourth-order valence-electron chi connectivity index (χ4n) is 2.70. The average molecular weight is 423 g/mol. The quantitative estimate of drug-likeness (QED) is 0.547. The zero-order valence-corrected chi connectivity index (χ0v) is 17.0. The predicted molar refractivity (Wildman–Crippen MR) is 102 cm³/mol. The molecule has 7 heteroatoms. The van der Waals surface area contributed by atoms with Crippen LogP contribution in [-0.2, 0) is 16.0 Å². The summed E-state index contributed by atoms with van der Waals surface area (Å²) in [7, 11) is 3.27. The van der Waals surface area contributed by atoms with Crippen molar-refractivity contribution in [2.75, 3.05) is 27.4 Å². The molecule has 140 valence electrons. The number of methoxy groups -OCH3 is 1. The van der Waals surface area contributed by atoms with Crippen LogP contribution < -0.4 is 0 Å². The number of esters is 1. The van der Waals surface area contributed by atoms with E-state index in [1.54, 1.807) is 32.9 Å². The minimum Gasteiger partial charge on any atom is -0.460 e. The van der Waals surface area contributed by atoms with Gasteiger partial charge in [-0.3, -0.25) is 4.79 Å². The lowest BCUT2D eigenvalue weighted by Crippen LogP contribution is -2.27. The summed E-state index contributed by atoms with van der Waals surface area (Å²) in [5.41, 5.74) is 3.01. The maximum Gasteiger partial charge on any atom is 0.340 e. The van der Waals surface area contributed by atoms with Crippen LogP contribution in [0.2, 0.25) is 0 Å². The molecule has 6 nitrogen and oxygen atoms in total. The Labute approximate surface area is 161 Å². The number of rotatable bonds is 7. The summed E-state index contributed by atoms with van der Waals surface area (Å²) < 4.78 is 11.0. The smallest absolute Gasteiger partial charge is 0.340 e. The number of ether oxygens (including phenoxy) is 2. The summed E-state index contributed by atoms with van der Waals surface area (Å²) in [6, 6.07) is 7.75. The molecule has 1 heterocycles. The summed E-state index contributed by atoms with van der Waals surface area (Å²) >= 11 is 3.49. The number of aromatic nitrogens is 1. The van der Waals surface area contributed by atoms with Crippen molar-refractivity contribution in [3.05, 3.63) is 56.8 Å². The second kappa shape index (κ2) is 9.00. The number of carbonyl (C=O) groups excluding carboxylic acids is 2. The van der Waals surface area contributed by atoms with Crippen molar-refractivity contribution in [2.45, 2.75) is 20.4 Å². The molecule has 0 fully saturated rings. The van der Waals surface area contributed by atoms with E-state index in [4.69, 9.17) is 9.47 Å². The highest BCUT2D eigenvalue weighted by Crippen LogP contribution is 2.22. The molecule has 1 aromatic carbocycles. The minimum atomic E-state index is -0.458. The van der Waals surface area contributed by atoms with Crippen LogP contribution in [0.4, 0.5) is 0 Å².